The molecule has 0 atom stereocenters. The number of hydrogen-bond acceptors (Lipinski definition) is 3. The predicted molar refractivity (Wildman–Crippen MR) is 74.2 cm³/mol. The lowest BCUT2D eigenvalue weighted by molar-refractivity contribution is 0.748. The molecule has 0 aliphatic carbocycles. The Kier molecular flexibility index (Phi) is 3.87. The summed E-state index contributed by atoms with van der Waals surface area (Å²) in [7, 11) is 0. The zero-order valence-corrected chi connectivity index (χ0v) is 11.6. The molecule has 0 radical (unpaired) electrons. The predicted octanol–water partition coefficient (Wildman–Crippen LogP) is 3.03. The first-order valence-electron chi connectivity index (χ1n) is 5.99. The lowest BCUT2D eigenvalue weighted by Gasteiger charge is -2.09. The van der Waals surface area contributed by atoms with Crippen LogP contribution in [0.2, 0.25) is 5.02 Å². The van der Waals surface area contributed by atoms with Crippen LogP contribution in [0.25, 0.3) is 0 Å². The highest BCUT2D eigenvalue weighted by molar-refractivity contribution is 6.31. The van der Waals surface area contributed by atoms with Crippen molar-refractivity contribution < 1.29 is 0 Å². The van der Waals surface area contributed by atoms with Crippen molar-refractivity contribution >= 4 is 17.4 Å². The minimum Gasteiger partial charge on any atom is -0.370 e. The molecule has 0 unspecified atom stereocenters. The molecule has 0 fully saturated rings. The Morgan fingerprint density at radius 1 is 1.33 bits per heavy atom. The van der Waals surface area contributed by atoms with Crippen LogP contribution in [-0.4, -0.2) is 21.1 Å². The molecule has 0 bridgehead atoms. The van der Waals surface area contributed by atoms with Crippen LogP contribution in [0, 0.1) is 13.8 Å². The molecule has 2 aromatic heterocycles. The summed E-state index contributed by atoms with van der Waals surface area (Å²) in [4.78, 5) is 8.79. The third-order valence-electron chi connectivity index (χ3n) is 2.94. The van der Waals surface area contributed by atoms with Gasteiger partial charge in [-0.1, -0.05) is 11.6 Å². The van der Waals surface area contributed by atoms with E-state index in [1.165, 1.54) is 0 Å². The highest BCUT2D eigenvalue weighted by atomic mass is 35.5. The minimum absolute atomic E-state index is 0.644. The smallest absolute Gasteiger partial charge is 0.126 e. The molecular weight excluding hydrogens is 248 g/mol. The molecular formula is C13H17ClN4. The van der Waals surface area contributed by atoms with E-state index >= 15 is 0 Å². The minimum atomic E-state index is 0.644. The van der Waals surface area contributed by atoms with Crippen molar-refractivity contribution in [2.75, 3.05) is 11.9 Å². The van der Waals surface area contributed by atoms with E-state index in [1.807, 2.05) is 39.2 Å². The monoisotopic (exact) mass is 264 g/mol. The second kappa shape index (κ2) is 5.40. The molecule has 2 rings (SSSR count). The van der Waals surface area contributed by atoms with E-state index in [1.54, 1.807) is 0 Å². The van der Waals surface area contributed by atoms with Crippen LogP contribution >= 0.6 is 11.6 Å². The van der Waals surface area contributed by atoms with Gasteiger partial charge in [0.05, 0.1) is 29.3 Å². The molecule has 0 aromatic carbocycles. The zero-order chi connectivity index (χ0) is 13.1. The maximum Gasteiger partial charge on any atom is 0.126 e. The van der Waals surface area contributed by atoms with Crippen molar-refractivity contribution in [1.82, 2.24) is 14.5 Å². The largest absolute Gasteiger partial charge is 0.370 e. The van der Waals surface area contributed by atoms with Gasteiger partial charge in [0.2, 0.25) is 0 Å². The summed E-state index contributed by atoms with van der Waals surface area (Å²) in [6.45, 7) is 7.57. The molecule has 0 aliphatic heterocycles. The fraction of sp³-hybridized carbons (Fsp3) is 0.385. The number of aromatic nitrogens is 3. The number of halogens is 1. The van der Waals surface area contributed by atoms with Gasteiger partial charge in [0.1, 0.15) is 5.82 Å². The number of hydrogen-bond donors (Lipinski definition) is 1. The summed E-state index contributed by atoms with van der Waals surface area (Å²) in [6.07, 6.45) is 1.82. The lowest BCUT2D eigenvalue weighted by Crippen LogP contribution is -2.06. The average Bonchev–Trinajstić information content (AvgIpc) is 2.66. The van der Waals surface area contributed by atoms with Gasteiger partial charge < -0.3 is 9.88 Å². The van der Waals surface area contributed by atoms with E-state index < -0.39 is 0 Å². The third kappa shape index (κ3) is 2.64. The van der Waals surface area contributed by atoms with Crippen LogP contribution in [0.3, 0.4) is 0 Å². The van der Waals surface area contributed by atoms with Gasteiger partial charge in [-0.25, -0.2) is 9.97 Å². The Hall–Kier alpha value is -1.55. The number of imidazole rings is 1. The quantitative estimate of drug-likeness (QED) is 0.923. The number of anilines is 1. The van der Waals surface area contributed by atoms with Crippen LogP contribution in [-0.2, 0) is 6.54 Å². The summed E-state index contributed by atoms with van der Waals surface area (Å²) in [5.41, 5.74) is 3.03. The summed E-state index contributed by atoms with van der Waals surface area (Å²) in [5, 5.41) is 3.87. The van der Waals surface area contributed by atoms with E-state index in [2.05, 4.69) is 19.9 Å². The van der Waals surface area contributed by atoms with Gasteiger partial charge >= 0.3 is 0 Å². The van der Waals surface area contributed by atoms with E-state index in [0.717, 1.165) is 29.4 Å². The molecule has 2 heterocycles. The number of pyridine rings is 1. The summed E-state index contributed by atoms with van der Waals surface area (Å²) >= 11 is 6.18. The Labute approximate surface area is 112 Å². The maximum absolute atomic E-state index is 6.18. The van der Waals surface area contributed by atoms with Crippen LogP contribution < -0.4 is 5.32 Å². The SMILES string of the molecule is CCNc1ccc(Cl)c(Cn2cnc(C)c2C)n1. The van der Waals surface area contributed by atoms with Crippen molar-refractivity contribution in [3.63, 3.8) is 0 Å². The molecule has 0 saturated carbocycles. The van der Waals surface area contributed by atoms with Crippen LogP contribution in [0.15, 0.2) is 18.5 Å². The summed E-state index contributed by atoms with van der Waals surface area (Å²) in [6, 6.07) is 3.77. The highest BCUT2D eigenvalue weighted by Crippen LogP contribution is 2.18. The Morgan fingerprint density at radius 2 is 2.11 bits per heavy atom. The fourth-order valence-electron chi connectivity index (χ4n) is 1.74. The molecule has 2 aromatic rings. The van der Waals surface area contributed by atoms with Crippen LogP contribution in [0.5, 0.6) is 0 Å². The molecule has 0 amide bonds. The third-order valence-corrected chi connectivity index (χ3v) is 3.29. The van der Waals surface area contributed by atoms with E-state index in [0.29, 0.717) is 11.6 Å². The van der Waals surface area contributed by atoms with Gasteiger partial charge in [-0.2, -0.15) is 0 Å². The molecule has 1 N–H and O–H groups in total. The number of nitrogens with zero attached hydrogens (tertiary/aromatic N) is 3. The van der Waals surface area contributed by atoms with E-state index in [-0.39, 0.29) is 0 Å². The van der Waals surface area contributed by atoms with Gasteiger partial charge in [-0.05, 0) is 32.9 Å². The van der Waals surface area contributed by atoms with Crippen molar-refractivity contribution in [2.45, 2.75) is 27.3 Å². The van der Waals surface area contributed by atoms with Gasteiger partial charge in [0.25, 0.3) is 0 Å². The van der Waals surface area contributed by atoms with Crippen LogP contribution in [0.1, 0.15) is 24.0 Å². The van der Waals surface area contributed by atoms with Gasteiger partial charge in [-0.15, -0.1) is 0 Å². The molecule has 0 aliphatic rings. The summed E-state index contributed by atoms with van der Waals surface area (Å²) in [5.74, 6) is 0.853. The van der Waals surface area contributed by atoms with E-state index in [4.69, 9.17) is 11.6 Å². The highest BCUT2D eigenvalue weighted by Gasteiger charge is 2.08. The topological polar surface area (TPSA) is 42.7 Å². The van der Waals surface area contributed by atoms with Crippen molar-refractivity contribution in [1.29, 1.82) is 0 Å². The first-order valence-corrected chi connectivity index (χ1v) is 6.37. The van der Waals surface area contributed by atoms with Gasteiger partial charge in [-0.3, -0.25) is 0 Å². The zero-order valence-electron chi connectivity index (χ0n) is 10.9. The first kappa shape index (κ1) is 12.9. The van der Waals surface area contributed by atoms with Gasteiger partial charge in [0, 0.05) is 12.2 Å². The first-order chi connectivity index (χ1) is 8.61. The second-order valence-electron chi connectivity index (χ2n) is 4.20. The van der Waals surface area contributed by atoms with Gasteiger partial charge in [0.15, 0.2) is 0 Å². The molecule has 0 saturated heterocycles. The average molecular weight is 265 g/mol. The Bertz CT molecular complexity index is 548. The normalized spacial score (nSPS) is 10.7. The number of nitrogens with one attached hydrogen (secondary N) is 1. The Morgan fingerprint density at radius 3 is 2.72 bits per heavy atom. The van der Waals surface area contributed by atoms with E-state index in [9.17, 15) is 0 Å². The molecule has 5 heteroatoms. The maximum atomic E-state index is 6.18. The second-order valence-corrected chi connectivity index (χ2v) is 4.61. The molecule has 4 nitrogen and oxygen atoms in total. The number of rotatable bonds is 4. The molecule has 18 heavy (non-hydrogen) atoms. The van der Waals surface area contributed by atoms with Crippen LogP contribution in [0.4, 0.5) is 5.82 Å². The molecule has 0 spiro atoms. The fourth-order valence-corrected chi connectivity index (χ4v) is 1.90. The Balaban J connectivity index is 2.27. The van der Waals surface area contributed by atoms with Crippen molar-refractivity contribution in [2.24, 2.45) is 0 Å². The standard InChI is InChI=1S/C13H17ClN4/c1-4-15-13-6-5-11(14)12(17-13)7-18-8-16-9(2)10(18)3/h5-6,8H,4,7H2,1-3H3,(H,15,17). The van der Waals surface area contributed by atoms with Crippen molar-refractivity contribution in [3.8, 4) is 0 Å². The number of aryl methyl sites for hydroxylation is 1. The van der Waals surface area contributed by atoms with Crippen molar-refractivity contribution in [3.05, 3.63) is 40.6 Å². The summed E-state index contributed by atoms with van der Waals surface area (Å²) < 4.78 is 2.05. The lowest BCUT2D eigenvalue weighted by atomic mass is 10.3. The molecule has 96 valence electrons.